The summed E-state index contributed by atoms with van der Waals surface area (Å²) in [6.07, 6.45) is 1.54. The maximum atomic E-state index is 11.6. The molecule has 3 atom stereocenters. The lowest BCUT2D eigenvalue weighted by Gasteiger charge is -2.44. The Morgan fingerprint density at radius 2 is 2.00 bits per heavy atom. The molecule has 0 N–H and O–H groups in total. The van der Waals surface area contributed by atoms with E-state index in [0.29, 0.717) is 19.4 Å². The molecule has 2 rings (SSSR count). The van der Waals surface area contributed by atoms with Crippen LogP contribution in [-0.4, -0.2) is 45.6 Å². The van der Waals surface area contributed by atoms with Crippen LogP contribution in [-0.2, 0) is 24.4 Å². The van der Waals surface area contributed by atoms with Crippen LogP contribution in [0.5, 0.6) is 0 Å². The molecule has 1 unspecified atom stereocenters. The fourth-order valence-electron chi connectivity index (χ4n) is 2.14. The minimum atomic E-state index is -3.56. The lowest BCUT2D eigenvalue weighted by Crippen LogP contribution is -2.65. The van der Waals surface area contributed by atoms with Gasteiger partial charge in [-0.2, -0.15) is 0 Å². The van der Waals surface area contributed by atoms with Gasteiger partial charge in [-0.15, -0.1) is 0 Å². The zero-order valence-electron chi connectivity index (χ0n) is 7.71. The second kappa shape index (κ2) is 2.93. The van der Waals surface area contributed by atoms with Crippen LogP contribution in [0.4, 0.5) is 0 Å². The van der Waals surface area contributed by atoms with Gasteiger partial charge in [-0.1, -0.05) is 0 Å². The Balaban J connectivity index is 2.37. The van der Waals surface area contributed by atoms with Crippen molar-refractivity contribution in [2.75, 3.05) is 12.9 Å². The van der Waals surface area contributed by atoms with Crippen molar-refractivity contribution in [1.82, 2.24) is 0 Å². The molecular formula is C7H12O5S2. The lowest BCUT2D eigenvalue weighted by molar-refractivity contribution is 0.0134. The molecule has 0 aromatic heterocycles. The quantitative estimate of drug-likeness (QED) is 0.607. The first kappa shape index (κ1) is 10.4. The molecule has 7 heteroatoms. The first-order valence-electron chi connectivity index (χ1n) is 4.38. The van der Waals surface area contributed by atoms with E-state index in [9.17, 15) is 16.8 Å². The third kappa shape index (κ3) is 1.30. The summed E-state index contributed by atoms with van der Waals surface area (Å²) >= 11 is 0. The summed E-state index contributed by atoms with van der Waals surface area (Å²) in [5, 5.41) is -0.587. The maximum absolute atomic E-state index is 11.6. The van der Waals surface area contributed by atoms with Crippen molar-refractivity contribution < 1.29 is 21.6 Å². The van der Waals surface area contributed by atoms with Gasteiger partial charge in [0.1, 0.15) is 6.10 Å². The molecule has 0 spiro atoms. The Hall–Kier alpha value is -0.140. The fraction of sp³-hybridized carbons (Fsp3) is 1.00. The van der Waals surface area contributed by atoms with E-state index in [4.69, 9.17) is 4.74 Å². The van der Waals surface area contributed by atoms with E-state index < -0.39 is 35.6 Å². The van der Waals surface area contributed by atoms with Gasteiger partial charge in [0.25, 0.3) is 0 Å². The molecule has 14 heavy (non-hydrogen) atoms. The largest absolute Gasteiger partial charge is 0.374 e. The van der Waals surface area contributed by atoms with Crippen LogP contribution < -0.4 is 0 Å². The summed E-state index contributed by atoms with van der Waals surface area (Å²) in [5.41, 5.74) is 0. The Bertz CT molecular complexity index is 435. The number of hydrogen-bond acceptors (Lipinski definition) is 5. The molecule has 2 saturated heterocycles. The predicted octanol–water partition coefficient (Wildman–Crippen LogP) is -0.667. The smallest absolute Gasteiger partial charge is 0.190 e. The molecule has 0 aromatic rings. The monoisotopic (exact) mass is 240 g/mol. The van der Waals surface area contributed by atoms with Gasteiger partial charge in [-0.3, -0.25) is 0 Å². The van der Waals surface area contributed by atoms with Gasteiger partial charge in [0.2, 0.25) is 0 Å². The molecule has 82 valence electrons. The molecule has 0 aromatic carbocycles. The van der Waals surface area contributed by atoms with Crippen molar-refractivity contribution in [2.45, 2.75) is 28.8 Å². The molecule has 2 heterocycles. The van der Waals surface area contributed by atoms with Crippen molar-refractivity contribution in [3.63, 3.8) is 0 Å². The van der Waals surface area contributed by atoms with Crippen molar-refractivity contribution in [2.24, 2.45) is 0 Å². The van der Waals surface area contributed by atoms with Gasteiger partial charge in [-0.05, 0) is 12.8 Å². The average molecular weight is 240 g/mol. The Morgan fingerprint density at radius 1 is 1.36 bits per heavy atom. The van der Waals surface area contributed by atoms with Crippen molar-refractivity contribution in [3.8, 4) is 0 Å². The highest BCUT2D eigenvalue weighted by atomic mass is 32.3. The van der Waals surface area contributed by atoms with Crippen molar-refractivity contribution in [1.29, 1.82) is 0 Å². The van der Waals surface area contributed by atoms with Crippen LogP contribution >= 0.6 is 0 Å². The second-order valence-electron chi connectivity index (χ2n) is 3.80. The number of ether oxygens (including phenoxy) is 1. The summed E-state index contributed by atoms with van der Waals surface area (Å²) < 4.78 is 49.5. The van der Waals surface area contributed by atoms with Gasteiger partial charge >= 0.3 is 0 Å². The van der Waals surface area contributed by atoms with E-state index in [1.54, 1.807) is 0 Å². The molecular weight excluding hydrogens is 228 g/mol. The molecule has 2 aliphatic heterocycles. The third-order valence-electron chi connectivity index (χ3n) is 2.75. The van der Waals surface area contributed by atoms with Crippen LogP contribution in [0.15, 0.2) is 0 Å². The highest BCUT2D eigenvalue weighted by molar-refractivity contribution is 8.10. The number of hydrogen-bond donors (Lipinski definition) is 0. The molecule has 0 radical (unpaired) electrons. The predicted molar refractivity (Wildman–Crippen MR) is 50.3 cm³/mol. The SMILES string of the molecule is CS(=O)(=O)C1[C@@H]2OCCC[C@@H]2S1(=O)=O. The van der Waals surface area contributed by atoms with E-state index in [2.05, 4.69) is 0 Å². The van der Waals surface area contributed by atoms with E-state index >= 15 is 0 Å². The first-order chi connectivity index (χ1) is 6.35. The normalized spacial score (nSPS) is 41.1. The topological polar surface area (TPSA) is 77.5 Å². The Morgan fingerprint density at radius 3 is 2.57 bits per heavy atom. The summed E-state index contributed by atoms with van der Waals surface area (Å²) in [6.45, 7) is 0.461. The fourth-order valence-corrected chi connectivity index (χ4v) is 7.19. The van der Waals surface area contributed by atoms with Crippen LogP contribution in [0, 0.1) is 0 Å². The molecule has 2 fully saturated rings. The molecule has 0 saturated carbocycles. The van der Waals surface area contributed by atoms with Crippen LogP contribution in [0.1, 0.15) is 12.8 Å². The van der Waals surface area contributed by atoms with Crippen LogP contribution in [0.2, 0.25) is 0 Å². The Labute approximate surface area is 83.3 Å². The summed E-state index contributed by atoms with van der Waals surface area (Å²) in [5.74, 6) is 0. The second-order valence-corrected chi connectivity index (χ2v) is 8.56. The number of fused-ring (bicyclic) bond motifs is 1. The minimum absolute atomic E-state index is 0.461. The van der Waals surface area contributed by atoms with Crippen LogP contribution in [0.25, 0.3) is 0 Å². The molecule has 0 bridgehead atoms. The minimum Gasteiger partial charge on any atom is -0.374 e. The van der Waals surface area contributed by atoms with E-state index in [-0.39, 0.29) is 0 Å². The Kier molecular flexibility index (Phi) is 2.17. The summed E-state index contributed by atoms with van der Waals surface area (Å²) in [7, 11) is -7.05. The van der Waals surface area contributed by atoms with Crippen molar-refractivity contribution in [3.05, 3.63) is 0 Å². The molecule has 0 aliphatic carbocycles. The maximum Gasteiger partial charge on any atom is 0.190 e. The number of sulfone groups is 2. The van der Waals surface area contributed by atoms with Crippen molar-refractivity contribution >= 4 is 19.7 Å². The van der Waals surface area contributed by atoms with Gasteiger partial charge < -0.3 is 4.74 Å². The highest BCUT2D eigenvalue weighted by Gasteiger charge is 2.62. The summed E-state index contributed by atoms with van der Waals surface area (Å²) in [4.78, 5) is 0. The van der Waals surface area contributed by atoms with E-state index in [1.165, 1.54) is 0 Å². The van der Waals surface area contributed by atoms with Gasteiger partial charge in [0.05, 0.1) is 5.25 Å². The van der Waals surface area contributed by atoms with Gasteiger partial charge in [0, 0.05) is 12.9 Å². The van der Waals surface area contributed by atoms with Crippen LogP contribution in [0.3, 0.4) is 0 Å². The zero-order valence-corrected chi connectivity index (χ0v) is 9.34. The average Bonchev–Trinajstić information content (AvgIpc) is 2.00. The molecule has 2 aliphatic rings. The molecule has 0 amide bonds. The van der Waals surface area contributed by atoms with Gasteiger partial charge in [0.15, 0.2) is 24.3 Å². The number of rotatable bonds is 1. The van der Waals surface area contributed by atoms with E-state index in [1.807, 2.05) is 0 Å². The lowest BCUT2D eigenvalue weighted by atomic mass is 10.1. The molecule has 5 nitrogen and oxygen atoms in total. The van der Waals surface area contributed by atoms with E-state index in [0.717, 1.165) is 6.26 Å². The summed E-state index contributed by atoms with van der Waals surface area (Å²) in [6, 6.07) is 0. The third-order valence-corrected chi connectivity index (χ3v) is 7.98. The highest BCUT2D eigenvalue weighted by Crippen LogP contribution is 2.40. The first-order valence-corrected chi connectivity index (χ1v) is 7.95. The zero-order chi connectivity index (χ0) is 10.6. The van der Waals surface area contributed by atoms with Gasteiger partial charge in [-0.25, -0.2) is 16.8 Å². The standard InChI is InChI=1S/C7H12O5S2/c1-13(8,9)7-6-5(14(7,10)11)3-2-4-12-6/h5-7H,2-4H2,1H3/t5-,6+,7?/m0/s1.